The monoisotopic (exact) mass is 1520 g/mol. The minimum Gasteiger partial charge on any atom is -0.481 e. The van der Waals surface area contributed by atoms with Gasteiger partial charge < -0.3 is 111 Å². The summed E-state index contributed by atoms with van der Waals surface area (Å²) in [4.78, 5) is 226. The van der Waals surface area contributed by atoms with E-state index in [9.17, 15) is 112 Å². The molecule has 0 spiro atoms. The van der Waals surface area contributed by atoms with Gasteiger partial charge in [-0.1, -0.05) is 91.0 Å². The van der Waals surface area contributed by atoms with Gasteiger partial charge in [0.15, 0.2) is 0 Å². The number of amides is 13. The lowest BCUT2D eigenvalue weighted by molar-refractivity contribution is -0.143. The number of nitrogens with two attached hydrogens (primary N) is 2. The second kappa shape index (κ2) is 45.9. The minimum atomic E-state index is -1.96. The first kappa shape index (κ1) is 88.2. The van der Waals surface area contributed by atoms with Crippen LogP contribution in [0, 0.1) is 0 Å². The number of nitrogens with one attached hydrogen (secondary N) is 12. The van der Waals surface area contributed by atoms with Crippen molar-refractivity contribution in [2.75, 3.05) is 45.1 Å². The second-order valence-electron chi connectivity index (χ2n) is 24.8. The summed E-state index contributed by atoms with van der Waals surface area (Å²) in [6, 6.07) is 5.42. The lowest BCUT2D eigenvalue weighted by atomic mass is 10.0. The van der Waals surface area contributed by atoms with E-state index in [4.69, 9.17) is 11.5 Å². The molecule has 1 aliphatic rings. The average molecular weight is 1520 g/mol. The molecule has 0 bridgehead atoms. The Morgan fingerprint density at radius 1 is 0.458 bits per heavy atom. The highest BCUT2D eigenvalue weighted by Gasteiger charge is 2.39. The molecule has 1 heterocycles. The fourth-order valence-corrected chi connectivity index (χ4v) is 11.0. The zero-order valence-electron chi connectivity index (χ0n) is 58.4. The number of nitrogens with zero attached hydrogens (tertiary/aromatic N) is 1. The maximum atomic E-state index is 14.6. The van der Waals surface area contributed by atoms with Gasteiger partial charge in [-0.05, 0) is 81.5 Å². The Hall–Kier alpha value is -11.2. The van der Waals surface area contributed by atoms with Crippen molar-refractivity contribution in [1.29, 1.82) is 0 Å². The Kier molecular flexibility index (Phi) is 37.9. The fraction of sp³-hybridized carbons (Fsp3) is 0.485. The molecule has 0 saturated carbocycles. The summed E-state index contributed by atoms with van der Waals surface area (Å²) in [6.07, 6.45) is -3.19. The summed E-state index contributed by atoms with van der Waals surface area (Å²) < 4.78 is 0. The molecule has 13 amide bonds. The van der Waals surface area contributed by atoms with Crippen LogP contribution < -0.4 is 75.3 Å². The molecular weight excluding hydrogens is 1430 g/mol. The first-order valence-corrected chi connectivity index (χ1v) is 34.7. The zero-order chi connectivity index (χ0) is 79.3. The third-order valence-electron chi connectivity index (χ3n) is 16.5. The normalized spacial score (nSPS) is 15.4. The number of thiol groups is 1. The van der Waals surface area contributed by atoms with E-state index in [1.165, 1.54) is 6.92 Å². The van der Waals surface area contributed by atoms with Crippen LogP contribution in [0.2, 0.25) is 0 Å². The SMILES string of the molecule is C[C@H](NC(=O)[C@H](CS)NC(=O)CNC(=O)[C@H](CCC(=O)O)NC(=O)[C@H](CO)NC(=O)[C@H](Cc1ccccc1)NC(=O)[C@H](Cc1ccccc1)NC(=O)[C@H](CCC(=O)O)NC(=O)[C@H](CC(=O)O)NC(=O)[C@@H](N)Cc1ccccc1)C(=O)N1CCC[C@H]1C(=O)NCC(=O)N[C@@H](CO)C(=O)N[C@@H](CCCCN)C(=O)O. The van der Waals surface area contributed by atoms with Crippen LogP contribution >= 0.6 is 12.6 Å². The number of carboxylic acids is 4. The predicted octanol–water partition coefficient (Wildman–Crippen LogP) is -6.53. The lowest BCUT2D eigenvalue weighted by Gasteiger charge is -2.28. The number of carbonyl (C=O) groups excluding carboxylic acids is 13. The van der Waals surface area contributed by atoms with Gasteiger partial charge in [-0.25, -0.2) is 4.79 Å². The summed E-state index contributed by atoms with van der Waals surface area (Å²) in [5.41, 5.74) is 13.0. The van der Waals surface area contributed by atoms with Crippen LogP contribution in [-0.2, 0) is 101 Å². The van der Waals surface area contributed by atoms with Gasteiger partial charge in [0, 0.05) is 38.0 Å². The molecule has 1 saturated heterocycles. The second-order valence-corrected chi connectivity index (χ2v) is 25.2. The van der Waals surface area contributed by atoms with Gasteiger partial charge in [0.25, 0.3) is 0 Å². The average Bonchev–Trinajstić information content (AvgIpc) is 1.69. The maximum Gasteiger partial charge on any atom is 0.326 e. The van der Waals surface area contributed by atoms with E-state index >= 15 is 0 Å². The number of aliphatic carboxylic acids is 4. The molecule has 12 atom stereocenters. The van der Waals surface area contributed by atoms with Crippen molar-refractivity contribution < 1.29 is 112 Å². The number of benzene rings is 3. The quantitative estimate of drug-likeness (QED) is 0.0185. The van der Waals surface area contributed by atoms with E-state index in [0.29, 0.717) is 36.0 Å². The predicted molar refractivity (Wildman–Crippen MR) is 379 cm³/mol. The molecule has 1 fully saturated rings. The topological polar surface area (TPSA) is 611 Å². The number of unbranched alkanes of at least 4 members (excludes halogenated alkanes) is 1. The van der Waals surface area contributed by atoms with E-state index < -0.39 is 237 Å². The van der Waals surface area contributed by atoms with Gasteiger partial charge in [-0.2, -0.15) is 12.6 Å². The van der Waals surface area contributed by atoms with Crippen molar-refractivity contribution >= 4 is 113 Å². The molecular formula is C68H93N15O23S. The standard InChI is InChI=1S/C68H93N15O23S/c1-37(67(104)83-27-13-21-51(83)66(103)72-33-52(86)74-48(34-84)63(100)78-44(68(105)106)20-11-12-26-69)73-65(102)50(36-107)75-53(87)32-71-58(95)42(22-24-54(88)89)76-64(101)49(35-85)82-61(98)46(30-40-18-9-4-10-19-40)81-60(97)45(29-39-16-7-3-8-17-39)80-59(96)43(23-25-55(90)91)77-62(99)47(31-56(92)93)79-57(94)41(70)28-38-14-5-2-6-15-38/h2-10,14-19,37,41-51,84-85,107H,11-13,20-36,69-70H2,1H3,(H,71,95)(H,72,103)(H,73,102)(H,74,86)(H,75,87)(H,76,101)(H,77,99)(H,78,100)(H,79,94)(H,80,96)(H,81,97)(H,82,98)(H,88,89)(H,90,91)(H,92,93)(H,105,106)/t37-,41-,42-,43-,44-,45-,46-,47-,48-,49-,50-,51-/m0/s1. The summed E-state index contributed by atoms with van der Waals surface area (Å²) in [7, 11) is 0. The van der Waals surface area contributed by atoms with Crippen LogP contribution in [0.1, 0.15) is 87.8 Å². The molecule has 584 valence electrons. The van der Waals surface area contributed by atoms with Gasteiger partial charge in [-0.3, -0.25) is 76.7 Å². The van der Waals surface area contributed by atoms with Crippen molar-refractivity contribution in [1.82, 2.24) is 68.7 Å². The van der Waals surface area contributed by atoms with Crippen LogP contribution in [0.3, 0.4) is 0 Å². The van der Waals surface area contributed by atoms with E-state index in [-0.39, 0.29) is 45.2 Å². The molecule has 0 aliphatic carbocycles. The number of likely N-dealkylation sites (tertiary alicyclic amines) is 1. The van der Waals surface area contributed by atoms with Gasteiger partial charge in [0.1, 0.15) is 66.5 Å². The summed E-state index contributed by atoms with van der Waals surface area (Å²) >= 11 is 4.13. The Bertz CT molecular complexity index is 3590. The highest BCUT2D eigenvalue weighted by Crippen LogP contribution is 2.19. The molecule has 4 rings (SSSR count). The number of carbonyl (C=O) groups is 17. The van der Waals surface area contributed by atoms with Gasteiger partial charge >= 0.3 is 23.9 Å². The zero-order valence-corrected chi connectivity index (χ0v) is 59.3. The number of aliphatic hydroxyl groups excluding tert-OH is 2. The first-order valence-electron chi connectivity index (χ1n) is 34.0. The van der Waals surface area contributed by atoms with E-state index in [1.807, 2.05) is 0 Å². The lowest BCUT2D eigenvalue weighted by Crippen LogP contribution is -2.61. The summed E-state index contributed by atoms with van der Waals surface area (Å²) in [5.74, 6) is -19.8. The van der Waals surface area contributed by atoms with Crippen LogP contribution in [0.15, 0.2) is 91.0 Å². The third-order valence-corrected chi connectivity index (χ3v) is 16.9. The molecule has 0 aromatic heterocycles. The fourth-order valence-electron chi connectivity index (χ4n) is 10.8. The number of rotatable bonds is 47. The Balaban J connectivity index is 1.43. The largest absolute Gasteiger partial charge is 0.481 e. The molecule has 39 heteroatoms. The molecule has 3 aromatic carbocycles. The van der Waals surface area contributed by atoms with E-state index in [1.54, 1.807) is 91.0 Å². The van der Waals surface area contributed by atoms with Gasteiger partial charge in [-0.15, -0.1) is 0 Å². The van der Waals surface area contributed by atoms with Crippen LogP contribution in [0.4, 0.5) is 0 Å². The Morgan fingerprint density at radius 3 is 1.33 bits per heavy atom. The molecule has 107 heavy (non-hydrogen) atoms. The smallest absolute Gasteiger partial charge is 0.326 e. The van der Waals surface area contributed by atoms with Crippen molar-refractivity contribution in [2.24, 2.45) is 11.5 Å². The van der Waals surface area contributed by atoms with Gasteiger partial charge in [0.2, 0.25) is 76.8 Å². The number of carboxylic acid groups (broad SMARTS) is 4. The van der Waals surface area contributed by atoms with Crippen LogP contribution in [-0.4, -0.2) is 254 Å². The molecule has 0 radical (unpaired) electrons. The Labute approximate surface area is 618 Å². The number of aliphatic hydroxyl groups is 2. The number of hydrogen-bond acceptors (Lipinski definition) is 22. The molecule has 3 aromatic rings. The molecule has 38 nitrogen and oxygen atoms in total. The highest BCUT2D eigenvalue weighted by molar-refractivity contribution is 7.80. The summed E-state index contributed by atoms with van der Waals surface area (Å²) in [5, 5.41) is 86.5. The van der Waals surface area contributed by atoms with Crippen molar-refractivity contribution in [2.45, 2.75) is 163 Å². The molecule has 0 unspecified atom stereocenters. The number of hydrogen-bond donors (Lipinski definition) is 21. The molecule has 1 aliphatic heterocycles. The molecule has 22 N–H and O–H groups in total. The van der Waals surface area contributed by atoms with Crippen molar-refractivity contribution in [3.63, 3.8) is 0 Å². The maximum absolute atomic E-state index is 14.6. The Morgan fingerprint density at radius 2 is 0.860 bits per heavy atom. The van der Waals surface area contributed by atoms with E-state index in [2.05, 4.69) is 76.4 Å². The minimum absolute atomic E-state index is 0.0197. The van der Waals surface area contributed by atoms with Crippen molar-refractivity contribution in [3.05, 3.63) is 108 Å². The summed E-state index contributed by atoms with van der Waals surface area (Å²) in [6.45, 7) is -2.17. The third kappa shape index (κ3) is 31.2. The highest BCUT2D eigenvalue weighted by atomic mass is 32.1. The van der Waals surface area contributed by atoms with Gasteiger partial charge in [0.05, 0.1) is 38.8 Å². The van der Waals surface area contributed by atoms with E-state index in [0.717, 1.165) is 4.90 Å². The van der Waals surface area contributed by atoms with Crippen LogP contribution in [0.5, 0.6) is 0 Å². The first-order chi connectivity index (χ1) is 50.9. The van der Waals surface area contributed by atoms with Crippen molar-refractivity contribution in [3.8, 4) is 0 Å². The van der Waals surface area contributed by atoms with Crippen LogP contribution in [0.25, 0.3) is 0 Å².